The van der Waals surface area contributed by atoms with Crippen molar-refractivity contribution in [1.82, 2.24) is 35.8 Å². The summed E-state index contributed by atoms with van der Waals surface area (Å²) >= 11 is 0. The Morgan fingerprint density at radius 3 is 2.47 bits per heavy atom. The largest absolute Gasteiger partial charge is 0.368 e. The Kier molecular flexibility index (Phi) is 8.66. The minimum Gasteiger partial charge on any atom is -0.368 e. The number of nitrogens with one attached hydrogen (secondary N) is 6. The van der Waals surface area contributed by atoms with Crippen molar-refractivity contribution in [2.24, 2.45) is 5.73 Å². The van der Waals surface area contributed by atoms with Crippen LogP contribution in [-0.4, -0.2) is 69.4 Å². The van der Waals surface area contributed by atoms with Crippen LogP contribution in [-0.2, 0) is 32.1 Å². The minimum atomic E-state index is -0.693. The lowest BCUT2D eigenvalue weighted by atomic mass is 10.0. The monoisotopic (exact) mass is 588 g/mol. The van der Waals surface area contributed by atoms with Gasteiger partial charge in [-0.2, -0.15) is 0 Å². The number of amides is 4. The van der Waals surface area contributed by atoms with Gasteiger partial charge >= 0.3 is 5.69 Å². The van der Waals surface area contributed by atoms with E-state index < -0.39 is 53.6 Å². The topological polar surface area (TPSA) is 213 Å². The summed E-state index contributed by atoms with van der Waals surface area (Å²) in [7, 11) is 0. The number of carbonyl (C=O) groups is 4. The second-order valence-corrected chi connectivity index (χ2v) is 10.5. The summed E-state index contributed by atoms with van der Waals surface area (Å²) in [6, 6.07) is 12.5. The van der Waals surface area contributed by atoms with Gasteiger partial charge in [-0.15, -0.1) is 0 Å². The maximum atomic E-state index is 13.2. The Hall–Kier alpha value is -5.24. The highest BCUT2D eigenvalue weighted by atomic mass is 16.2. The zero-order valence-electron chi connectivity index (χ0n) is 23.1. The van der Waals surface area contributed by atoms with Crippen molar-refractivity contribution in [3.05, 3.63) is 81.1 Å². The summed E-state index contributed by atoms with van der Waals surface area (Å²) in [4.78, 5) is 80.5. The number of benzene rings is 2. The lowest BCUT2D eigenvalue weighted by Crippen LogP contribution is -2.48. The summed E-state index contributed by atoms with van der Waals surface area (Å²) < 4.78 is 0.836. The van der Waals surface area contributed by atoms with Crippen LogP contribution < -0.4 is 38.2 Å². The highest BCUT2D eigenvalue weighted by Crippen LogP contribution is 2.20. The van der Waals surface area contributed by atoms with Gasteiger partial charge in [-0.25, -0.2) is 4.79 Å². The molecule has 1 aliphatic rings. The van der Waals surface area contributed by atoms with Crippen molar-refractivity contribution in [3.63, 3.8) is 0 Å². The molecule has 3 heterocycles. The molecule has 4 amide bonds. The molecule has 2 aromatic heterocycles. The maximum absolute atomic E-state index is 13.2. The van der Waals surface area contributed by atoms with E-state index in [0.29, 0.717) is 23.9 Å². The predicted octanol–water partition coefficient (Wildman–Crippen LogP) is -1.26. The summed E-state index contributed by atoms with van der Waals surface area (Å²) in [6.07, 6.45) is 2.35. The van der Waals surface area contributed by atoms with Crippen LogP contribution in [0.25, 0.3) is 21.8 Å². The van der Waals surface area contributed by atoms with E-state index >= 15 is 0 Å². The van der Waals surface area contributed by atoms with E-state index in [0.717, 1.165) is 21.0 Å². The number of hydrogen-bond acceptors (Lipinski definition) is 7. The number of carbonyl (C=O) groups excluding carboxylic acids is 4. The molecule has 5 rings (SSSR count). The number of H-pyrrole nitrogens is 2. The van der Waals surface area contributed by atoms with E-state index in [4.69, 9.17) is 5.73 Å². The molecule has 14 heteroatoms. The average molecular weight is 589 g/mol. The molecule has 0 radical (unpaired) electrons. The summed E-state index contributed by atoms with van der Waals surface area (Å²) in [5.74, 6) is -2.01. The fourth-order valence-electron chi connectivity index (χ4n) is 5.33. The van der Waals surface area contributed by atoms with E-state index in [2.05, 4.69) is 31.2 Å². The summed E-state index contributed by atoms with van der Waals surface area (Å²) in [5.41, 5.74) is 6.09. The molecule has 2 unspecified atom stereocenters. The van der Waals surface area contributed by atoms with Crippen LogP contribution in [0.5, 0.6) is 0 Å². The third kappa shape index (κ3) is 6.98. The minimum absolute atomic E-state index is 0.0829. The van der Waals surface area contributed by atoms with Gasteiger partial charge in [0, 0.05) is 42.1 Å². The van der Waals surface area contributed by atoms with Gasteiger partial charge in [-0.05, 0) is 36.6 Å². The Morgan fingerprint density at radius 1 is 0.977 bits per heavy atom. The van der Waals surface area contributed by atoms with E-state index in [1.807, 2.05) is 30.5 Å². The molecule has 4 aromatic rings. The molecule has 0 spiro atoms. The third-order valence-corrected chi connectivity index (χ3v) is 7.38. The SMILES string of the molecule is NC(=O)CNC(=O)CC(Cc1c[nH]c2ccccc12)NC(=O)[C@@H]1CC(NC(=O)Cn2c(=O)[nH]c3ccccc3c2=O)CN1. The molecule has 3 atom stereocenters. The Balaban J connectivity index is 1.21. The molecule has 0 aliphatic carbocycles. The Morgan fingerprint density at radius 2 is 1.70 bits per heavy atom. The molecule has 1 fully saturated rings. The Labute approximate surface area is 244 Å². The first kappa shape index (κ1) is 29.3. The highest BCUT2D eigenvalue weighted by Gasteiger charge is 2.32. The molecule has 1 saturated heterocycles. The van der Waals surface area contributed by atoms with Crippen molar-refractivity contribution < 1.29 is 19.2 Å². The first-order chi connectivity index (χ1) is 20.7. The Bertz CT molecular complexity index is 1810. The van der Waals surface area contributed by atoms with Crippen molar-refractivity contribution >= 4 is 45.4 Å². The zero-order chi connectivity index (χ0) is 30.5. The number of aromatic amines is 2. The van der Waals surface area contributed by atoms with Crippen LogP contribution in [0.15, 0.2) is 64.3 Å². The molecule has 0 saturated carbocycles. The van der Waals surface area contributed by atoms with Gasteiger partial charge < -0.3 is 37.0 Å². The fourth-order valence-corrected chi connectivity index (χ4v) is 5.33. The van der Waals surface area contributed by atoms with Crippen LogP contribution in [0.2, 0.25) is 0 Å². The lowest BCUT2D eigenvalue weighted by Gasteiger charge is -2.21. The van der Waals surface area contributed by atoms with E-state index in [1.54, 1.807) is 24.3 Å². The van der Waals surface area contributed by atoms with Crippen LogP contribution >= 0.6 is 0 Å². The van der Waals surface area contributed by atoms with Crippen LogP contribution in [0.3, 0.4) is 0 Å². The molecular weight excluding hydrogens is 556 g/mol. The quantitative estimate of drug-likeness (QED) is 0.113. The molecule has 43 heavy (non-hydrogen) atoms. The average Bonchev–Trinajstić information content (AvgIpc) is 3.61. The standard InChI is InChI=1S/C29H32N8O6/c30-24(38)14-33-25(39)11-17(9-16-12-31-21-7-3-1-5-19(16)21)35-27(41)23-10-18(13-32-23)34-26(40)15-37-28(42)20-6-2-4-8-22(20)36-29(37)43/h1-8,12,17-18,23,31-32H,9-11,13-15H2,(H2,30,38)(H,33,39)(H,34,40)(H,35,41)(H,36,43)/t17?,18?,23-/m0/s1. The molecule has 0 bridgehead atoms. The number of para-hydroxylation sites is 2. The van der Waals surface area contributed by atoms with Crippen LogP contribution in [0, 0.1) is 0 Å². The lowest BCUT2D eigenvalue weighted by molar-refractivity contribution is -0.126. The normalized spacial score (nSPS) is 17.0. The molecular formula is C29H32N8O6. The third-order valence-electron chi connectivity index (χ3n) is 7.38. The molecule has 224 valence electrons. The number of rotatable bonds is 11. The first-order valence-corrected chi connectivity index (χ1v) is 13.8. The predicted molar refractivity (Wildman–Crippen MR) is 158 cm³/mol. The maximum Gasteiger partial charge on any atom is 0.329 e. The number of fused-ring (bicyclic) bond motifs is 2. The van der Waals surface area contributed by atoms with Crippen molar-refractivity contribution in [2.75, 3.05) is 13.1 Å². The van der Waals surface area contributed by atoms with Gasteiger partial charge in [-0.3, -0.25) is 28.5 Å². The van der Waals surface area contributed by atoms with Gasteiger partial charge in [0.2, 0.25) is 23.6 Å². The van der Waals surface area contributed by atoms with E-state index in [-0.39, 0.29) is 25.3 Å². The van der Waals surface area contributed by atoms with Gasteiger partial charge in [0.15, 0.2) is 0 Å². The number of hydrogen-bond donors (Lipinski definition) is 7. The molecule has 1 aliphatic heterocycles. The number of nitrogens with zero attached hydrogens (tertiary/aromatic N) is 1. The summed E-state index contributed by atoms with van der Waals surface area (Å²) in [6.45, 7) is -0.492. The number of primary amides is 1. The highest BCUT2D eigenvalue weighted by molar-refractivity contribution is 5.87. The van der Waals surface area contributed by atoms with Gasteiger partial charge in [0.05, 0.1) is 23.5 Å². The molecule has 14 nitrogen and oxygen atoms in total. The number of aromatic nitrogens is 3. The summed E-state index contributed by atoms with van der Waals surface area (Å²) in [5, 5.41) is 12.5. The van der Waals surface area contributed by atoms with Gasteiger partial charge in [0.1, 0.15) is 6.54 Å². The second kappa shape index (κ2) is 12.7. The van der Waals surface area contributed by atoms with Crippen molar-refractivity contribution in [3.8, 4) is 0 Å². The molecule has 8 N–H and O–H groups in total. The van der Waals surface area contributed by atoms with Crippen molar-refractivity contribution in [1.29, 1.82) is 0 Å². The second-order valence-electron chi connectivity index (χ2n) is 10.5. The van der Waals surface area contributed by atoms with Crippen LogP contribution in [0.4, 0.5) is 0 Å². The van der Waals surface area contributed by atoms with E-state index in [9.17, 15) is 28.8 Å². The smallest absolute Gasteiger partial charge is 0.329 e. The van der Waals surface area contributed by atoms with E-state index in [1.165, 1.54) is 0 Å². The first-order valence-electron chi connectivity index (χ1n) is 13.8. The zero-order valence-corrected chi connectivity index (χ0v) is 23.1. The van der Waals surface area contributed by atoms with Gasteiger partial charge in [-0.1, -0.05) is 30.3 Å². The van der Waals surface area contributed by atoms with Crippen molar-refractivity contribution in [2.45, 2.75) is 43.9 Å². The van der Waals surface area contributed by atoms with Gasteiger partial charge in [0.25, 0.3) is 5.56 Å². The fraction of sp³-hybridized carbons (Fsp3) is 0.310. The molecule has 2 aromatic carbocycles. The number of nitrogens with two attached hydrogens (primary N) is 1. The van der Waals surface area contributed by atoms with Crippen LogP contribution in [0.1, 0.15) is 18.4 Å².